The lowest BCUT2D eigenvalue weighted by Gasteiger charge is -2.40. The number of nitrogens with one attached hydrogen (secondary N) is 2. The summed E-state index contributed by atoms with van der Waals surface area (Å²) in [6.07, 6.45) is 0.734. The van der Waals surface area contributed by atoms with E-state index in [1.165, 1.54) is 0 Å². The van der Waals surface area contributed by atoms with Crippen LogP contribution in [0.25, 0.3) is 0 Å². The second-order valence-corrected chi connectivity index (χ2v) is 8.80. The molecule has 0 aromatic heterocycles. The Hall–Kier alpha value is -1.75. The van der Waals surface area contributed by atoms with Crippen molar-refractivity contribution in [2.75, 3.05) is 47.4 Å². The molecule has 8 nitrogen and oxygen atoms in total. The zero-order valence-corrected chi connectivity index (χ0v) is 21.9. The highest BCUT2D eigenvalue weighted by Gasteiger charge is 2.34. The first kappa shape index (κ1) is 27.3. The molecule has 1 fully saturated rings. The van der Waals surface area contributed by atoms with Crippen LogP contribution in [-0.2, 0) is 11.3 Å². The first-order valence-corrected chi connectivity index (χ1v) is 10.5. The zero-order chi connectivity index (χ0) is 22.1. The van der Waals surface area contributed by atoms with Gasteiger partial charge in [-0.15, -0.1) is 24.0 Å². The van der Waals surface area contributed by atoms with Gasteiger partial charge in [0.05, 0.1) is 12.6 Å². The maximum atomic E-state index is 12.0. The van der Waals surface area contributed by atoms with Gasteiger partial charge in [-0.2, -0.15) is 0 Å². The van der Waals surface area contributed by atoms with E-state index in [2.05, 4.69) is 46.8 Å². The van der Waals surface area contributed by atoms with Crippen molar-refractivity contribution in [3.63, 3.8) is 0 Å². The molecule has 1 heterocycles. The number of rotatable bonds is 8. The van der Waals surface area contributed by atoms with Gasteiger partial charge >= 0.3 is 6.09 Å². The second kappa shape index (κ2) is 12.9. The van der Waals surface area contributed by atoms with Gasteiger partial charge in [0.1, 0.15) is 11.4 Å². The van der Waals surface area contributed by atoms with Gasteiger partial charge in [-0.1, -0.05) is 12.1 Å². The van der Waals surface area contributed by atoms with Crippen LogP contribution in [0.2, 0.25) is 0 Å². The molecular formula is C22H38IN5O3. The van der Waals surface area contributed by atoms with Gasteiger partial charge in [0.2, 0.25) is 0 Å². The average Bonchev–Trinajstić information content (AvgIpc) is 2.63. The van der Waals surface area contributed by atoms with Gasteiger partial charge < -0.3 is 29.9 Å². The highest BCUT2D eigenvalue weighted by Crippen LogP contribution is 2.15. The summed E-state index contributed by atoms with van der Waals surface area (Å²) in [4.78, 5) is 20.1. The van der Waals surface area contributed by atoms with Crippen molar-refractivity contribution in [1.29, 1.82) is 0 Å². The molecule has 0 saturated carbocycles. The topological polar surface area (TPSA) is 78.4 Å². The van der Waals surface area contributed by atoms with Crippen LogP contribution in [0, 0.1) is 0 Å². The summed E-state index contributed by atoms with van der Waals surface area (Å²) in [6.45, 7) is 9.22. The maximum Gasteiger partial charge on any atom is 0.410 e. The molecule has 1 aromatic carbocycles. The molecule has 2 N–H and O–H groups in total. The molecule has 176 valence electrons. The second-order valence-electron chi connectivity index (χ2n) is 8.80. The molecule has 0 bridgehead atoms. The Bertz CT molecular complexity index is 698. The van der Waals surface area contributed by atoms with Gasteiger partial charge in [0.25, 0.3) is 0 Å². The molecule has 1 aliphatic heterocycles. The van der Waals surface area contributed by atoms with Crippen molar-refractivity contribution in [2.24, 2.45) is 4.99 Å². The van der Waals surface area contributed by atoms with E-state index in [-0.39, 0.29) is 36.1 Å². The van der Waals surface area contributed by atoms with Crippen molar-refractivity contribution in [3.8, 4) is 5.75 Å². The summed E-state index contributed by atoms with van der Waals surface area (Å²) in [6, 6.07) is 8.26. The third kappa shape index (κ3) is 10.4. The normalized spacial score (nSPS) is 14.5. The molecule has 0 radical (unpaired) electrons. The lowest BCUT2D eigenvalue weighted by Crippen LogP contribution is -2.63. The molecule has 0 atom stereocenters. The predicted molar refractivity (Wildman–Crippen MR) is 135 cm³/mol. The Labute approximate surface area is 203 Å². The number of nitrogens with zero attached hydrogens (tertiary/aromatic N) is 3. The van der Waals surface area contributed by atoms with Crippen LogP contribution in [0.4, 0.5) is 4.79 Å². The zero-order valence-electron chi connectivity index (χ0n) is 19.6. The average molecular weight is 547 g/mol. The van der Waals surface area contributed by atoms with E-state index in [1.54, 1.807) is 11.9 Å². The van der Waals surface area contributed by atoms with Gasteiger partial charge in [0.15, 0.2) is 5.96 Å². The molecular weight excluding hydrogens is 509 g/mol. The number of likely N-dealkylation sites (tertiary alicyclic amines) is 1. The molecule has 0 unspecified atom stereocenters. The van der Waals surface area contributed by atoms with Crippen molar-refractivity contribution in [3.05, 3.63) is 29.8 Å². The summed E-state index contributed by atoms with van der Waals surface area (Å²) >= 11 is 0. The van der Waals surface area contributed by atoms with E-state index in [1.807, 2.05) is 32.9 Å². The number of hydrogen-bond donors (Lipinski definition) is 2. The Morgan fingerprint density at radius 1 is 1.23 bits per heavy atom. The number of carbonyl (C=O) groups excluding carboxylic acids is 1. The molecule has 0 spiro atoms. The monoisotopic (exact) mass is 547 g/mol. The minimum atomic E-state index is -0.472. The number of benzene rings is 1. The molecule has 2 rings (SSSR count). The molecule has 1 aliphatic rings. The summed E-state index contributed by atoms with van der Waals surface area (Å²) in [5.74, 6) is 1.60. The summed E-state index contributed by atoms with van der Waals surface area (Å²) in [5, 5.41) is 6.65. The number of hydrogen-bond acceptors (Lipinski definition) is 5. The SMILES string of the molecule is CN=C(NCc1ccc(OCCCN(C)C)cc1)NC1CN(C(=O)OC(C)(C)C)C1.I. The molecule has 31 heavy (non-hydrogen) atoms. The molecule has 0 aliphatic carbocycles. The highest BCUT2D eigenvalue weighted by molar-refractivity contribution is 14.0. The number of amides is 1. The Balaban J connectivity index is 0.00000480. The van der Waals surface area contributed by atoms with Gasteiger partial charge in [0, 0.05) is 33.2 Å². The van der Waals surface area contributed by atoms with Crippen molar-refractivity contribution in [2.45, 2.75) is 45.4 Å². The van der Waals surface area contributed by atoms with E-state index in [4.69, 9.17) is 9.47 Å². The lowest BCUT2D eigenvalue weighted by atomic mass is 10.1. The van der Waals surface area contributed by atoms with Crippen LogP contribution in [0.3, 0.4) is 0 Å². The van der Waals surface area contributed by atoms with Gasteiger partial charge in [-0.25, -0.2) is 4.79 Å². The quantitative estimate of drug-likeness (QED) is 0.226. The van der Waals surface area contributed by atoms with E-state index in [0.29, 0.717) is 32.2 Å². The number of aliphatic imine (C=N–C) groups is 1. The highest BCUT2D eigenvalue weighted by atomic mass is 127. The molecule has 1 amide bonds. The first-order valence-electron chi connectivity index (χ1n) is 10.5. The third-order valence-corrected chi connectivity index (χ3v) is 4.50. The van der Waals surface area contributed by atoms with Crippen LogP contribution < -0.4 is 15.4 Å². The van der Waals surface area contributed by atoms with Crippen LogP contribution >= 0.6 is 24.0 Å². The summed E-state index contributed by atoms with van der Waals surface area (Å²) < 4.78 is 11.1. The Morgan fingerprint density at radius 3 is 2.42 bits per heavy atom. The summed E-state index contributed by atoms with van der Waals surface area (Å²) in [7, 11) is 5.86. The Morgan fingerprint density at radius 2 is 1.87 bits per heavy atom. The third-order valence-electron chi connectivity index (χ3n) is 4.50. The van der Waals surface area contributed by atoms with Crippen molar-refractivity contribution >= 4 is 36.0 Å². The smallest absolute Gasteiger partial charge is 0.410 e. The number of carbonyl (C=O) groups is 1. The van der Waals surface area contributed by atoms with Crippen molar-refractivity contribution in [1.82, 2.24) is 20.4 Å². The van der Waals surface area contributed by atoms with E-state index in [0.717, 1.165) is 24.3 Å². The van der Waals surface area contributed by atoms with Crippen LogP contribution in [0.15, 0.2) is 29.3 Å². The molecule has 1 saturated heterocycles. The Kier molecular flexibility index (Phi) is 11.4. The minimum Gasteiger partial charge on any atom is -0.494 e. The van der Waals surface area contributed by atoms with E-state index < -0.39 is 5.60 Å². The first-order chi connectivity index (χ1) is 14.2. The van der Waals surface area contributed by atoms with E-state index >= 15 is 0 Å². The fourth-order valence-electron chi connectivity index (χ4n) is 2.89. The largest absolute Gasteiger partial charge is 0.494 e. The standard InChI is InChI=1S/C22H37N5O3.HI/c1-22(2,3)30-21(28)27-15-18(16-27)25-20(23-4)24-14-17-8-10-19(11-9-17)29-13-7-12-26(5)6;/h8-11,18H,7,12-16H2,1-6H3,(H2,23,24,25);1H. The minimum absolute atomic E-state index is 0. The van der Waals surface area contributed by atoms with Crippen molar-refractivity contribution < 1.29 is 14.3 Å². The van der Waals surface area contributed by atoms with E-state index in [9.17, 15) is 4.79 Å². The number of ether oxygens (including phenoxy) is 2. The molecule has 9 heteroatoms. The molecule has 1 aromatic rings. The predicted octanol–water partition coefficient (Wildman–Crippen LogP) is 2.92. The van der Waals surface area contributed by atoms with Crippen LogP contribution in [-0.4, -0.2) is 80.9 Å². The fourth-order valence-corrected chi connectivity index (χ4v) is 2.89. The maximum absolute atomic E-state index is 12.0. The fraction of sp³-hybridized carbons (Fsp3) is 0.636. The number of halogens is 1. The van der Waals surface area contributed by atoms with Crippen LogP contribution in [0.1, 0.15) is 32.8 Å². The van der Waals surface area contributed by atoms with Gasteiger partial charge in [-0.3, -0.25) is 4.99 Å². The van der Waals surface area contributed by atoms with Crippen LogP contribution in [0.5, 0.6) is 5.75 Å². The number of guanidine groups is 1. The van der Waals surface area contributed by atoms with Gasteiger partial charge in [-0.05, 0) is 59.0 Å². The lowest BCUT2D eigenvalue weighted by molar-refractivity contribution is 0.00701. The summed E-state index contributed by atoms with van der Waals surface area (Å²) in [5.41, 5.74) is 0.669.